The van der Waals surface area contributed by atoms with Crippen molar-refractivity contribution in [1.29, 1.82) is 0 Å². The lowest BCUT2D eigenvalue weighted by molar-refractivity contribution is 0.291. The van der Waals surface area contributed by atoms with Gasteiger partial charge in [-0.1, -0.05) is 20.8 Å². The molecule has 1 fully saturated rings. The van der Waals surface area contributed by atoms with Crippen LogP contribution in [-0.4, -0.2) is 44.7 Å². The van der Waals surface area contributed by atoms with Gasteiger partial charge in [0, 0.05) is 13.1 Å². The molecule has 1 aliphatic heterocycles. The number of rotatable bonds is 8. The van der Waals surface area contributed by atoms with Gasteiger partial charge >= 0.3 is 0 Å². The molecule has 1 unspecified atom stereocenters. The highest BCUT2D eigenvalue weighted by Crippen LogP contribution is 2.16. The number of nitrogens with one attached hydrogen (secondary N) is 1. The number of sulfonamides is 1. The molecule has 1 atom stereocenters. The van der Waals surface area contributed by atoms with Crippen LogP contribution in [0.5, 0.6) is 0 Å². The van der Waals surface area contributed by atoms with Crippen LogP contribution < -0.4 is 5.32 Å². The number of hydrogen-bond acceptors (Lipinski definition) is 3. The highest BCUT2D eigenvalue weighted by Gasteiger charge is 2.25. The minimum atomic E-state index is -3.07. The van der Waals surface area contributed by atoms with Crippen LogP contribution in [0, 0.1) is 11.8 Å². The molecular formula is C14H30N2O2S. The van der Waals surface area contributed by atoms with E-state index in [4.69, 9.17) is 0 Å². The van der Waals surface area contributed by atoms with E-state index < -0.39 is 10.0 Å². The van der Waals surface area contributed by atoms with Crippen LogP contribution in [0.1, 0.15) is 46.5 Å². The Morgan fingerprint density at radius 1 is 1.37 bits per heavy atom. The van der Waals surface area contributed by atoms with Crippen LogP contribution >= 0.6 is 0 Å². The average molecular weight is 290 g/mol. The van der Waals surface area contributed by atoms with Crippen LogP contribution in [0.4, 0.5) is 0 Å². The van der Waals surface area contributed by atoms with Crippen molar-refractivity contribution in [3.63, 3.8) is 0 Å². The molecule has 1 aliphatic rings. The van der Waals surface area contributed by atoms with Gasteiger partial charge in [-0.05, 0) is 50.6 Å². The summed E-state index contributed by atoms with van der Waals surface area (Å²) in [6.07, 6.45) is 3.95. The lowest BCUT2D eigenvalue weighted by Crippen LogP contribution is -2.42. The smallest absolute Gasteiger partial charge is 0.214 e. The van der Waals surface area contributed by atoms with Crippen molar-refractivity contribution in [2.75, 3.05) is 31.9 Å². The minimum absolute atomic E-state index is 0.296. The molecule has 19 heavy (non-hydrogen) atoms. The van der Waals surface area contributed by atoms with Gasteiger partial charge in [0.15, 0.2) is 0 Å². The van der Waals surface area contributed by atoms with Crippen molar-refractivity contribution < 1.29 is 8.42 Å². The Bertz CT molecular complexity index is 335. The molecule has 1 saturated heterocycles. The summed E-state index contributed by atoms with van der Waals surface area (Å²) in [5.41, 5.74) is 0. The standard InChI is InChI=1S/C14H30N2O2S/c1-4-9-16(12-14-6-5-8-15-11-14)19(17,18)10-7-13(2)3/h13-15H,4-12H2,1-3H3. The summed E-state index contributed by atoms with van der Waals surface area (Å²) in [7, 11) is -3.07. The van der Waals surface area contributed by atoms with E-state index in [1.165, 1.54) is 0 Å². The van der Waals surface area contributed by atoms with Crippen molar-refractivity contribution in [3.05, 3.63) is 0 Å². The van der Waals surface area contributed by atoms with E-state index in [1.807, 2.05) is 6.92 Å². The summed E-state index contributed by atoms with van der Waals surface area (Å²) in [5, 5.41) is 3.36. The maximum Gasteiger partial charge on any atom is 0.214 e. The van der Waals surface area contributed by atoms with Crippen LogP contribution in [0.2, 0.25) is 0 Å². The quantitative estimate of drug-likeness (QED) is 0.744. The molecule has 114 valence electrons. The summed E-state index contributed by atoms with van der Waals surface area (Å²) in [5.74, 6) is 1.22. The molecule has 0 aromatic rings. The van der Waals surface area contributed by atoms with E-state index in [0.29, 0.717) is 30.7 Å². The van der Waals surface area contributed by atoms with E-state index in [0.717, 1.165) is 38.8 Å². The molecule has 0 spiro atoms. The first-order chi connectivity index (χ1) is 8.95. The summed E-state index contributed by atoms with van der Waals surface area (Å²) in [4.78, 5) is 0. The Kier molecular flexibility index (Phi) is 7.32. The van der Waals surface area contributed by atoms with E-state index >= 15 is 0 Å². The lowest BCUT2D eigenvalue weighted by Gasteiger charge is -2.29. The maximum atomic E-state index is 12.4. The third-order valence-corrected chi connectivity index (χ3v) is 5.55. The maximum absolute atomic E-state index is 12.4. The van der Waals surface area contributed by atoms with Gasteiger partial charge in [-0.2, -0.15) is 0 Å². The molecule has 1 N–H and O–H groups in total. The van der Waals surface area contributed by atoms with Gasteiger partial charge < -0.3 is 5.32 Å². The van der Waals surface area contributed by atoms with Gasteiger partial charge in [-0.3, -0.25) is 0 Å². The van der Waals surface area contributed by atoms with E-state index in [-0.39, 0.29) is 0 Å². The lowest BCUT2D eigenvalue weighted by atomic mass is 10.00. The fourth-order valence-electron chi connectivity index (χ4n) is 2.47. The van der Waals surface area contributed by atoms with Gasteiger partial charge in [-0.15, -0.1) is 0 Å². The first kappa shape index (κ1) is 16.9. The molecule has 0 bridgehead atoms. The number of hydrogen-bond donors (Lipinski definition) is 1. The molecule has 0 aromatic heterocycles. The second-order valence-corrected chi connectivity index (χ2v) is 8.16. The summed E-state index contributed by atoms with van der Waals surface area (Å²) < 4.78 is 26.5. The Morgan fingerprint density at radius 3 is 2.63 bits per heavy atom. The van der Waals surface area contributed by atoms with Crippen molar-refractivity contribution >= 4 is 10.0 Å². The Labute approximate surface area is 119 Å². The summed E-state index contributed by atoms with van der Waals surface area (Å²) in [6.45, 7) is 9.59. The molecule has 0 amide bonds. The monoisotopic (exact) mass is 290 g/mol. The first-order valence-electron chi connectivity index (χ1n) is 7.64. The Hall–Kier alpha value is -0.130. The number of piperidine rings is 1. The van der Waals surface area contributed by atoms with E-state index in [1.54, 1.807) is 4.31 Å². The molecule has 1 heterocycles. The molecular weight excluding hydrogens is 260 g/mol. The molecule has 0 aliphatic carbocycles. The predicted octanol–water partition coefficient (Wildman–Crippen LogP) is 2.07. The molecule has 0 aromatic carbocycles. The van der Waals surface area contributed by atoms with Gasteiger partial charge in [0.25, 0.3) is 0 Å². The third kappa shape index (κ3) is 6.23. The number of nitrogens with zero attached hydrogens (tertiary/aromatic N) is 1. The SMILES string of the molecule is CCCN(CC1CCCNC1)S(=O)(=O)CCC(C)C. The van der Waals surface area contributed by atoms with Crippen molar-refractivity contribution in [1.82, 2.24) is 9.62 Å². The predicted molar refractivity (Wildman–Crippen MR) is 80.7 cm³/mol. The van der Waals surface area contributed by atoms with Crippen LogP contribution in [0.25, 0.3) is 0 Å². The van der Waals surface area contributed by atoms with Gasteiger partial charge in [-0.25, -0.2) is 12.7 Å². The third-order valence-electron chi connectivity index (χ3n) is 3.68. The van der Waals surface area contributed by atoms with E-state index in [9.17, 15) is 8.42 Å². The highest BCUT2D eigenvalue weighted by molar-refractivity contribution is 7.89. The minimum Gasteiger partial charge on any atom is -0.316 e. The second kappa shape index (κ2) is 8.22. The van der Waals surface area contributed by atoms with Crippen LogP contribution in [0.15, 0.2) is 0 Å². The zero-order valence-electron chi connectivity index (χ0n) is 12.7. The molecule has 0 saturated carbocycles. The normalized spacial score (nSPS) is 21.2. The van der Waals surface area contributed by atoms with Crippen LogP contribution in [-0.2, 0) is 10.0 Å². The fraction of sp³-hybridized carbons (Fsp3) is 1.00. The van der Waals surface area contributed by atoms with Crippen molar-refractivity contribution in [3.8, 4) is 0 Å². The molecule has 0 radical (unpaired) electrons. The fourth-order valence-corrected chi connectivity index (χ4v) is 4.40. The molecule has 4 nitrogen and oxygen atoms in total. The summed E-state index contributed by atoms with van der Waals surface area (Å²) >= 11 is 0. The first-order valence-corrected chi connectivity index (χ1v) is 9.25. The Balaban J connectivity index is 2.58. The zero-order valence-corrected chi connectivity index (χ0v) is 13.5. The molecule has 1 rings (SSSR count). The van der Waals surface area contributed by atoms with Gasteiger partial charge in [0.1, 0.15) is 0 Å². The Morgan fingerprint density at radius 2 is 2.11 bits per heavy atom. The zero-order chi connectivity index (χ0) is 14.3. The van der Waals surface area contributed by atoms with Crippen molar-refractivity contribution in [2.45, 2.75) is 46.5 Å². The summed E-state index contributed by atoms with van der Waals surface area (Å²) in [6, 6.07) is 0. The topological polar surface area (TPSA) is 49.4 Å². The average Bonchev–Trinajstić information content (AvgIpc) is 2.37. The highest BCUT2D eigenvalue weighted by atomic mass is 32.2. The van der Waals surface area contributed by atoms with Crippen molar-refractivity contribution in [2.24, 2.45) is 11.8 Å². The van der Waals surface area contributed by atoms with Gasteiger partial charge in [0.2, 0.25) is 10.0 Å². The molecule has 5 heteroatoms. The van der Waals surface area contributed by atoms with E-state index in [2.05, 4.69) is 19.2 Å². The largest absolute Gasteiger partial charge is 0.316 e. The van der Waals surface area contributed by atoms with Crippen LogP contribution in [0.3, 0.4) is 0 Å². The van der Waals surface area contributed by atoms with Gasteiger partial charge in [0.05, 0.1) is 5.75 Å². The second-order valence-electron chi connectivity index (χ2n) is 6.07.